The summed E-state index contributed by atoms with van der Waals surface area (Å²) < 4.78 is 136. The molecule has 27 heteroatoms. The minimum absolute atomic E-state index is 0. The standard InChI is InChI=1S/C28H21N5O14S4.4Na.4H/c1-14(34)29-22-10-11-23(49(39,40)41)18-13-25(51(45,46)47)27(28(35)26(18)22)33-31-20-9-8-19(16-7-6-15(12-17(16)20)48(36,37)38)30-32-21-4-2-3-5-24(21)50(42,43)44;;;;;;;;/h2-13,35H,1H3,(H,29,34)(H,36,37,38)(H,39,40,41)(H,42,43,44)(H,45,46,47);;;;;;;;. The zero-order chi connectivity index (χ0) is 37.7. The van der Waals surface area contributed by atoms with E-state index in [1.807, 2.05) is 0 Å². The molecule has 0 radical (unpaired) electrons. The molecule has 1 amide bonds. The van der Waals surface area contributed by atoms with Gasteiger partial charge in [0.25, 0.3) is 40.5 Å². The molecule has 5 rings (SSSR count). The van der Waals surface area contributed by atoms with Crippen molar-refractivity contribution in [3.63, 3.8) is 0 Å². The predicted octanol–water partition coefficient (Wildman–Crippen LogP) is 2.88. The number of fused-ring (bicyclic) bond motifs is 2. The summed E-state index contributed by atoms with van der Waals surface area (Å²) in [5.41, 5.74) is -1.85. The molecule has 6 N–H and O–H groups in total. The van der Waals surface area contributed by atoms with Gasteiger partial charge in [-0.3, -0.25) is 23.0 Å². The van der Waals surface area contributed by atoms with Crippen LogP contribution in [-0.2, 0) is 45.3 Å². The van der Waals surface area contributed by atoms with Gasteiger partial charge in [-0.15, -0.1) is 20.5 Å². The van der Waals surface area contributed by atoms with Gasteiger partial charge >= 0.3 is 118 Å². The molecule has 0 aliphatic carbocycles. The summed E-state index contributed by atoms with van der Waals surface area (Å²) in [6.45, 7) is 1.06. The molecule has 274 valence electrons. The number of phenolic OH excluding ortho intramolecular Hbond substituents is 1. The fourth-order valence-electron chi connectivity index (χ4n) is 4.85. The van der Waals surface area contributed by atoms with Crippen molar-refractivity contribution >= 4 is 215 Å². The van der Waals surface area contributed by atoms with E-state index in [1.54, 1.807) is 0 Å². The zero-order valence-corrected chi connectivity index (χ0v) is 28.5. The van der Waals surface area contributed by atoms with Gasteiger partial charge < -0.3 is 10.4 Å². The molecule has 0 aromatic heterocycles. The van der Waals surface area contributed by atoms with Crippen molar-refractivity contribution in [1.29, 1.82) is 0 Å². The van der Waals surface area contributed by atoms with Crippen molar-refractivity contribution in [2.24, 2.45) is 20.5 Å². The Balaban J connectivity index is 0.00000378. The third-order valence-corrected chi connectivity index (χ3v) is 10.5. The zero-order valence-electron chi connectivity index (χ0n) is 25.3. The minimum atomic E-state index is -5.35. The van der Waals surface area contributed by atoms with Crippen LogP contribution in [0.2, 0.25) is 0 Å². The maximum absolute atomic E-state index is 12.5. The number of nitrogens with zero attached hydrogens (tertiary/aromatic N) is 4. The van der Waals surface area contributed by atoms with Crippen LogP contribution in [0.5, 0.6) is 5.75 Å². The fourth-order valence-corrected chi connectivity index (χ4v) is 7.30. The first-order chi connectivity index (χ1) is 23.6. The van der Waals surface area contributed by atoms with Gasteiger partial charge in [-0.2, -0.15) is 33.7 Å². The van der Waals surface area contributed by atoms with Crippen LogP contribution in [0.15, 0.2) is 113 Å². The number of anilines is 1. The van der Waals surface area contributed by atoms with E-state index in [-0.39, 0.29) is 152 Å². The Labute approximate surface area is 401 Å². The quantitative estimate of drug-likeness (QED) is 0.0705. The van der Waals surface area contributed by atoms with Crippen LogP contribution in [-0.4, -0.2) is 181 Å². The van der Waals surface area contributed by atoms with Gasteiger partial charge in [0.15, 0.2) is 5.75 Å². The average molecular weight is 876 g/mol. The van der Waals surface area contributed by atoms with Gasteiger partial charge in [0.2, 0.25) is 5.91 Å². The molecule has 5 aromatic rings. The van der Waals surface area contributed by atoms with E-state index >= 15 is 0 Å². The van der Waals surface area contributed by atoms with E-state index in [2.05, 4.69) is 25.8 Å². The van der Waals surface area contributed by atoms with Gasteiger partial charge in [0.05, 0.1) is 27.3 Å². The van der Waals surface area contributed by atoms with Gasteiger partial charge in [-0.25, -0.2) is 0 Å². The summed E-state index contributed by atoms with van der Waals surface area (Å²) in [6, 6.07) is 12.8. The summed E-state index contributed by atoms with van der Waals surface area (Å²) in [4.78, 5) is 8.52. The molecule has 0 bridgehead atoms. The number of phenols is 1. The van der Waals surface area contributed by atoms with E-state index in [4.69, 9.17) is 0 Å². The van der Waals surface area contributed by atoms with Crippen LogP contribution < -0.4 is 5.32 Å². The molecule has 0 atom stereocenters. The Morgan fingerprint density at radius 1 is 0.545 bits per heavy atom. The van der Waals surface area contributed by atoms with Crippen LogP contribution in [0.4, 0.5) is 28.4 Å². The first-order valence-electron chi connectivity index (χ1n) is 13.6. The summed E-state index contributed by atoms with van der Waals surface area (Å²) in [5, 5.41) is 27.8. The van der Waals surface area contributed by atoms with Crippen molar-refractivity contribution in [3.8, 4) is 5.75 Å². The summed E-state index contributed by atoms with van der Waals surface area (Å²) in [5.74, 6) is -1.85. The van der Waals surface area contributed by atoms with Crippen LogP contribution in [0.3, 0.4) is 0 Å². The number of carbonyl (C=O) groups excluding carboxylic acids is 1. The molecule has 19 nitrogen and oxygen atoms in total. The normalized spacial score (nSPS) is 12.1. The third-order valence-electron chi connectivity index (χ3n) is 6.95. The van der Waals surface area contributed by atoms with Gasteiger partial charge in [-0.1, -0.05) is 18.2 Å². The molecule has 0 saturated carbocycles. The number of rotatable bonds is 9. The number of azo groups is 2. The Bertz CT molecular complexity index is 2840. The predicted molar refractivity (Wildman–Crippen MR) is 207 cm³/mol. The van der Waals surface area contributed by atoms with E-state index < -0.39 is 88.2 Å². The van der Waals surface area contributed by atoms with Crippen LogP contribution in [0.1, 0.15) is 6.92 Å². The second-order valence-corrected chi connectivity index (χ2v) is 16.0. The molecule has 0 saturated heterocycles. The van der Waals surface area contributed by atoms with E-state index in [9.17, 15) is 61.8 Å². The van der Waals surface area contributed by atoms with Crippen LogP contribution in [0.25, 0.3) is 21.5 Å². The summed E-state index contributed by atoms with van der Waals surface area (Å²) in [7, 11) is -20.0. The van der Waals surface area contributed by atoms with Crippen molar-refractivity contribution in [3.05, 3.63) is 72.8 Å². The second-order valence-electron chi connectivity index (χ2n) is 10.4. The van der Waals surface area contributed by atoms with Crippen molar-refractivity contribution in [2.45, 2.75) is 26.5 Å². The number of hydrogen-bond donors (Lipinski definition) is 6. The van der Waals surface area contributed by atoms with Gasteiger partial charge in [0.1, 0.15) is 26.1 Å². The Morgan fingerprint density at radius 2 is 1.07 bits per heavy atom. The number of hydrogen-bond acceptors (Lipinski definition) is 14. The van der Waals surface area contributed by atoms with Gasteiger partial charge in [-0.05, 0) is 54.6 Å². The molecule has 0 spiro atoms. The van der Waals surface area contributed by atoms with Crippen molar-refractivity contribution in [2.75, 3.05) is 5.32 Å². The van der Waals surface area contributed by atoms with E-state index in [1.165, 1.54) is 24.3 Å². The number of benzene rings is 5. The topological polar surface area (TPSA) is 316 Å². The number of nitrogens with one attached hydrogen (secondary N) is 1. The number of amides is 1. The van der Waals surface area contributed by atoms with Crippen LogP contribution >= 0.6 is 0 Å². The first-order valence-corrected chi connectivity index (χ1v) is 19.3. The fraction of sp³-hybridized carbons (Fsp3) is 0.0357. The maximum atomic E-state index is 12.5. The number of aromatic hydroxyl groups is 1. The molecule has 0 aliphatic rings. The summed E-state index contributed by atoms with van der Waals surface area (Å²) in [6.07, 6.45) is 0. The van der Waals surface area contributed by atoms with Gasteiger partial charge in [0, 0.05) is 23.1 Å². The molecule has 0 aliphatic heterocycles. The molecule has 55 heavy (non-hydrogen) atoms. The molecule has 0 fully saturated rings. The summed E-state index contributed by atoms with van der Waals surface area (Å²) >= 11 is 0. The van der Waals surface area contributed by atoms with Crippen LogP contribution in [0, 0.1) is 0 Å². The average Bonchev–Trinajstić information content (AvgIpc) is 3.01. The Hall–Kier alpha value is -1.27. The van der Waals surface area contributed by atoms with Crippen molar-refractivity contribution < 1.29 is 61.8 Å². The molecule has 5 aromatic carbocycles. The van der Waals surface area contributed by atoms with E-state index in [0.29, 0.717) is 6.07 Å². The Morgan fingerprint density at radius 3 is 1.62 bits per heavy atom. The second kappa shape index (κ2) is 19.7. The molecular weight excluding hydrogens is 851 g/mol. The monoisotopic (exact) mass is 875 g/mol. The first kappa shape index (κ1) is 51.7. The Kier molecular flexibility index (Phi) is 18.5. The number of carbonyl (C=O) groups is 1. The third kappa shape index (κ3) is 11.9. The molecule has 0 unspecified atom stereocenters. The van der Waals surface area contributed by atoms with E-state index in [0.717, 1.165) is 49.4 Å². The molecule has 0 heterocycles. The molecular formula is C28H25N5Na4O14S4. The van der Waals surface area contributed by atoms with Crippen molar-refractivity contribution in [1.82, 2.24) is 0 Å². The SMILES string of the molecule is CC(=O)Nc1ccc(S(=O)(=O)O)c2cc(S(=O)(=O)O)c(N=Nc3ccc(N=Nc4ccccc4S(=O)(=O)O)c4ccc(S(=O)(=O)O)cc34)c(O)c12.[NaH].[NaH].[NaH].[NaH].